The van der Waals surface area contributed by atoms with Gasteiger partial charge in [-0.2, -0.15) is 0 Å². The van der Waals surface area contributed by atoms with Crippen LogP contribution in [0.1, 0.15) is 38.2 Å². The molecule has 0 radical (unpaired) electrons. The van der Waals surface area contributed by atoms with Gasteiger partial charge in [0.15, 0.2) is 0 Å². The summed E-state index contributed by atoms with van der Waals surface area (Å²) in [6.45, 7) is 3.25. The van der Waals surface area contributed by atoms with Crippen LogP contribution in [0.4, 0.5) is 0 Å². The molecule has 3 heteroatoms. The first-order valence-corrected chi connectivity index (χ1v) is 7.43. The third-order valence-corrected chi connectivity index (χ3v) is 5.52. The van der Waals surface area contributed by atoms with Gasteiger partial charge in [0.2, 0.25) is 0 Å². The van der Waals surface area contributed by atoms with E-state index < -0.39 is 0 Å². The van der Waals surface area contributed by atoms with Crippen molar-refractivity contribution >= 4 is 31.9 Å². The summed E-state index contributed by atoms with van der Waals surface area (Å²) in [5.41, 5.74) is 1.77. The van der Waals surface area contributed by atoms with Crippen LogP contribution in [0.15, 0.2) is 27.1 Å². The highest BCUT2D eigenvalue weighted by atomic mass is 79.9. The summed E-state index contributed by atoms with van der Waals surface area (Å²) in [6, 6.07) is 6.45. The summed E-state index contributed by atoms with van der Waals surface area (Å²) in [7, 11) is 0. The van der Waals surface area contributed by atoms with Crippen molar-refractivity contribution in [3.63, 3.8) is 0 Å². The lowest BCUT2D eigenvalue weighted by Crippen LogP contribution is -2.49. The lowest BCUT2D eigenvalue weighted by atomic mass is 9.75. The molecular formula is C13H17Br2N. The molecule has 1 fully saturated rings. The van der Waals surface area contributed by atoms with Crippen LogP contribution in [-0.2, 0) is 6.54 Å². The van der Waals surface area contributed by atoms with Gasteiger partial charge in [0.05, 0.1) is 0 Å². The molecule has 88 valence electrons. The fraction of sp³-hybridized carbons (Fsp3) is 0.538. The molecule has 0 saturated heterocycles. The second kappa shape index (κ2) is 5.19. The zero-order valence-corrected chi connectivity index (χ0v) is 12.7. The molecule has 1 aliphatic carbocycles. The topological polar surface area (TPSA) is 12.0 Å². The molecule has 0 heterocycles. The summed E-state index contributed by atoms with van der Waals surface area (Å²) >= 11 is 7.03. The Balaban J connectivity index is 1.96. The van der Waals surface area contributed by atoms with Crippen LogP contribution in [0.3, 0.4) is 0 Å². The van der Waals surface area contributed by atoms with Crippen LogP contribution in [-0.4, -0.2) is 5.54 Å². The predicted octanol–water partition coefficient (Wildman–Crippen LogP) is 4.63. The first kappa shape index (κ1) is 12.6. The third-order valence-electron chi connectivity index (χ3n) is 3.64. The van der Waals surface area contributed by atoms with Crippen LogP contribution in [0.5, 0.6) is 0 Å². The van der Waals surface area contributed by atoms with E-state index in [1.54, 1.807) is 0 Å². The molecule has 2 rings (SSSR count). The van der Waals surface area contributed by atoms with Gasteiger partial charge in [-0.05, 0) is 75.2 Å². The van der Waals surface area contributed by atoms with Crippen molar-refractivity contribution in [2.75, 3.05) is 0 Å². The van der Waals surface area contributed by atoms with Gasteiger partial charge in [0.1, 0.15) is 0 Å². The normalized spacial score (nSPS) is 18.2. The molecule has 0 unspecified atom stereocenters. The summed E-state index contributed by atoms with van der Waals surface area (Å²) in [5.74, 6) is 0. The van der Waals surface area contributed by atoms with Crippen molar-refractivity contribution in [2.24, 2.45) is 0 Å². The van der Waals surface area contributed by atoms with Gasteiger partial charge in [-0.15, -0.1) is 0 Å². The monoisotopic (exact) mass is 345 g/mol. The van der Waals surface area contributed by atoms with E-state index in [1.807, 2.05) is 0 Å². The number of hydrogen-bond donors (Lipinski definition) is 1. The van der Waals surface area contributed by atoms with E-state index in [-0.39, 0.29) is 0 Å². The van der Waals surface area contributed by atoms with E-state index in [1.165, 1.54) is 31.2 Å². The molecule has 1 nitrogen and oxygen atoms in total. The number of halogens is 2. The Hall–Kier alpha value is 0.140. The van der Waals surface area contributed by atoms with E-state index in [9.17, 15) is 0 Å². The lowest BCUT2D eigenvalue weighted by molar-refractivity contribution is 0.175. The number of hydrogen-bond acceptors (Lipinski definition) is 1. The molecule has 1 N–H and O–H groups in total. The number of rotatable bonds is 4. The van der Waals surface area contributed by atoms with Crippen LogP contribution < -0.4 is 5.32 Å². The van der Waals surface area contributed by atoms with Crippen molar-refractivity contribution in [3.8, 4) is 0 Å². The van der Waals surface area contributed by atoms with Crippen LogP contribution in [0.2, 0.25) is 0 Å². The average molecular weight is 347 g/mol. The standard InChI is InChI=1S/C13H17Br2N/c1-2-13(6-3-7-13)16-9-10-4-5-11(14)12(15)8-10/h4-5,8,16H,2-3,6-7,9H2,1H3. The number of nitrogens with one attached hydrogen (secondary N) is 1. The highest BCUT2D eigenvalue weighted by Gasteiger charge is 2.34. The highest BCUT2D eigenvalue weighted by molar-refractivity contribution is 9.13. The minimum atomic E-state index is 0.430. The summed E-state index contributed by atoms with van der Waals surface area (Å²) in [4.78, 5) is 0. The van der Waals surface area contributed by atoms with Gasteiger partial charge in [0, 0.05) is 21.0 Å². The van der Waals surface area contributed by atoms with Gasteiger partial charge in [-0.1, -0.05) is 13.0 Å². The number of benzene rings is 1. The Morgan fingerprint density at radius 1 is 1.25 bits per heavy atom. The predicted molar refractivity (Wildman–Crippen MR) is 75.6 cm³/mol. The quantitative estimate of drug-likeness (QED) is 0.837. The van der Waals surface area contributed by atoms with E-state index >= 15 is 0 Å². The zero-order valence-electron chi connectivity index (χ0n) is 9.52. The van der Waals surface area contributed by atoms with Crippen molar-refractivity contribution in [1.29, 1.82) is 0 Å². The Morgan fingerprint density at radius 2 is 2.00 bits per heavy atom. The maximum Gasteiger partial charge on any atom is 0.0320 e. The second-order valence-corrected chi connectivity index (χ2v) is 6.30. The van der Waals surface area contributed by atoms with Gasteiger partial charge in [-0.3, -0.25) is 0 Å². The Labute approximate surface area is 114 Å². The van der Waals surface area contributed by atoms with Crippen LogP contribution in [0.25, 0.3) is 0 Å². The second-order valence-electron chi connectivity index (χ2n) is 4.59. The van der Waals surface area contributed by atoms with E-state index in [2.05, 4.69) is 62.3 Å². The molecular weight excluding hydrogens is 330 g/mol. The van der Waals surface area contributed by atoms with Crippen molar-refractivity contribution in [1.82, 2.24) is 5.32 Å². The smallest absolute Gasteiger partial charge is 0.0320 e. The molecule has 1 aromatic carbocycles. The molecule has 0 aliphatic heterocycles. The first-order chi connectivity index (χ1) is 7.65. The van der Waals surface area contributed by atoms with Crippen LogP contribution in [0, 0.1) is 0 Å². The molecule has 0 atom stereocenters. The average Bonchev–Trinajstić information content (AvgIpc) is 2.22. The zero-order chi connectivity index (χ0) is 11.6. The van der Waals surface area contributed by atoms with Gasteiger partial charge in [-0.25, -0.2) is 0 Å². The fourth-order valence-electron chi connectivity index (χ4n) is 2.20. The molecule has 0 amide bonds. The van der Waals surface area contributed by atoms with E-state index in [0.29, 0.717) is 5.54 Å². The van der Waals surface area contributed by atoms with Crippen molar-refractivity contribution < 1.29 is 0 Å². The van der Waals surface area contributed by atoms with E-state index in [4.69, 9.17) is 0 Å². The largest absolute Gasteiger partial charge is 0.307 e. The molecule has 0 bridgehead atoms. The third kappa shape index (κ3) is 2.69. The molecule has 0 aromatic heterocycles. The minimum Gasteiger partial charge on any atom is -0.307 e. The van der Waals surface area contributed by atoms with E-state index in [0.717, 1.165) is 15.5 Å². The molecule has 16 heavy (non-hydrogen) atoms. The Morgan fingerprint density at radius 3 is 2.50 bits per heavy atom. The van der Waals surface area contributed by atoms with Crippen molar-refractivity contribution in [2.45, 2.75) is 44.7 Å². The van der Waals surface area contributed by atoms with Gasteiger partial charge < -0.3 is 5.32 Å². The minimum absolute atomic E-state index is 0.430. The summed E-state index contributed by atoms with van der Waals surface area (Å²) < 4.78 is 2.25. The molecule has 1 aliphatic rings. The molecule has 0 spiro atoms. The SMILES string of the molecule is CCC1(NCc2ccc(Br)c(Br)c2)CCC1. The molecule has 1 saturated carbocycles. The Kier molecular flexibility index (Phi) is 4.09. The fourth-order valence-corrected chi connectivity index (χ4v) is 2.87. The Bertz CT molecular complexity index is 367. The van der Waals surface area contributed by atoms with Crippen LogP contribution >= 0.6 is 31.9 Å². The maximum atomic E-state index is 3.71. The molecule has 1 aromatic rings. The summed E-state index contributed by atoms with van der Waals surface area (Å²) in [5, 5.41) is 3.71. The van der Waals surface area contributed by atoms with Gasteiger partial charge in [0.25, 0.3) is 0 Å². The maximum absolute atomic E-state index is 3.71. The van der Waals surface area contributed by atoms with Gasteiger partial charge >= 0.3 is 0 Å². The van der Waals surface area contributed by atoms with Crippen molar-refractivity contribution in [3.05, 3.63) is 32.7 Å². The first-order valence-electron chi connectivity index (χ1n) is 5.84. The lowest BCUT2D eigenvalue weighted by Gasteiger charge is -2.42. The highest BCUT2D eigenvalue weighted by Crippen LogP contribution is 2.35. The summed E-state index contributed by atoms with van der Waals surface area (Å²) in [6.07, 6.45) is 5.29.